The van der Waals surface area contributed by atoms with Crippen LogP contribution in [0.25, 0.3) is 0 Å². The Balaban J connectivity index is 0.000000444. The van der Waals surface area contributed by atoms with Crippen LogP contribution < -0.4 is 5.32 Å². The predicted octanol–water partition coefficient (Wildman–Crippen LogP) is 8.24. The van der Waals surface area contributed by atoms with Crippen LogP contribution in [-0.4, -0.2) is 27.7 Å². The Bertz CT molecular complexity index is 920. The van der Waals surface area contributed by atoms with E-state index in [0.717, 1.165) is 16.5 Å². The fourth-order valence-electron chi connectivity index (χ4n) is 5.35. The highest BCUT2D eigenvalue weighted by molar-refractivity contribution is 8.01. The summed E-state index contributed by atoms with van der Waals surface area (Å²) in [6.07, 6.45) is 15.4. The molecule has 0 spiro atoms. The molecule has 2 aromatic rings. The zero-order valence-corrected chi connectivity index (χ0v) is 23.4. The molecule has 0 radical (unpaired) electrons. The zero-order valence-electron chi connectivity index (χ0n) is 21.8. The number of carboxylic acids is 1. The fourth-order valence-corrected chi connectivity index (χ4v) is 6.95. The Morgan fingerprint density at radius 1 is 1.08 bits per heavy atom. The molecule has 198 valence electrons. The van der Waals surface area contributed by atoms with Gasteiger partial charge in [-0.25, -0.2) is 4.98 Å². The average Bonchev–Trinajstić information content (AvgIpc) is 3.34. The molecular formula is C29H42N2O3S2. The number of carbonyl (C=O) groups is 2. The van der Waals surface area contributed by atoms with E-state index in [1.54, 1.807) is 6.20 Å². The number of anilines is 1. The standard InChI is InChI=1S/C22H28N2O3S2.C7H14/c1-15(16-8-10-18(11-9-16)17-5-3-2-4-6-17)7-12-19(25)24-22-23-13-21(29-22)28-14-20(26)27;1-7-5-3-2-4-6-7/h2-6,13,15-16,18H,7-12,14H2,1H3,(H,26,27)(H,23,24,25);7H,2-6H2,1H3. The van der Waals surface area contributed by atoms with Crippen LogP contribution in [-0.2, 0) is 9.59 Å². The number of aromatic nitrogens is 1. The van der Waals surface area contributed by atoms with Crippen LogP contribution >= 0.6 is 23.1 Å². The van der Waals surface area contributed by atoms with E-state index in [4.69, 9.17) is 5.11 Å². The van der Waals surface area contributed by atoms with Gasteiger partial charge in [0.05, 0.1) is 16.2 Å². The molecule has 1 aromatic carbocycles. The third-order valence-electron chi connectivity index (χ3n) is 7.64. The molecule has 1 aromatic heterocycles. The van der Waals surface area contributed by atoms with Gasteiger partial charge in [-0.05, 0) is 61.3 Å². The summed E-state index contributed by atoms with van der Waals surface area (Å²) in [5.41, 5.74) is 1.46. The van der Waals surface area contributed by atoms with Gasteiger partial charge in [-0.1, -0.05) is 87.6 Å². The SMILES string of the molecule is CC(CCC(=O)Nc1ncc(SCC(=O)O)s1)C1CCC(c2ccccc2)CC1.CC1CCCCC1. The van der Waals surface area contributed by atoms with Crippen molar-refractivity contribution in [3.05, 3.63) is 42.1 Å². The van der Waals surface area contributed by atoms with Gasteiger partial charge >= 0.3 is 5.97 Å². The van der Waals surface area contributed by atoms with Gasteiger partial charge in [0.25, 0.3) is 0 Å². The largest absolute Gasteiger partial charge is 0.481 e. The Morgan fingerprint density at radius 2 is 1.78 bits per heavy atom. The summed E-state index contributed by atoms with van der Waals surface area (Å²) < 4.78 is 0.797. The minimum Gasteiger partial charge on any atom is -0.481 e. The van der Waals surface area contributed by atoms with Gasteiger partial charge in [0.15, 0.2) is 5.13 Å². The van der Waals surface area contributed by atoms with Gasteiger partial charge in [-0.3, -0.25) is 9.59 Å². The molecule has 2 aliphatic carbocycles. The van der Waals surface area contributed by atoms with Gasteiger partial charge in [-0.2, -0.15) is 0 Å². The maximum atomic E-state index is 12.3. The van der Waals surface area contributed by atoms with Crippen LogP contribution in [0.15, 0.2) is 40.7 Å². The molecule has 1 amide bonds. The molecule has 2 aliphatic rings. The summed E-state index contributed by atoms with van der Waals surface area (Å²) in [5.74, 6) is 2.08. The monoisotopic (exact) mass is 530 g/mol. The Morgan fingerprint density at radius 3 is 2.39 bits per heavy atom. The summed E-state index contributed by atoms with van der Waals surface area (Å²) in [4.78, 5) is 27.0. The average molecular weight is 531 g/mol. The minimum absolute atomic E-state index is 0.000384. The molecule has 2 N–H and O–H groups in total. The summed E-state index contributed by atoms with van der Waals surface area (Å²) in [6.45, 7) is 4.63. The van der Waals surface area contributed by atoms with E-state index in [0.29, 0.717) is 29.3 Å². The number of rotatable bonds is 9. The van der Waals surface area contributed by atoms with Crippen molar-refractivity contribution in [2.75, 3.05) is 11.1 Å². The van der Waals surface area contributed by atoms with Crippen molar-refractivity contribution >= 4 is 40.1 Å². The number of carboxylic acid groups (broad SMARTS) is 1. The highest BCUT2D eigenvalue weighted by Crippen LogP contribution is 2.39. The van der Waals surface area contributed by atoms with E-state index in [9.17, 15) is 9.59 Å². The lowest BCUT2D eigenvalue weighted by molar-refractivity contribution is -0.133. The van der Waals surface area contributed by atoms with Crippen molar-refractivity contribution in [2.45, 2.75) is 94.6 Å². The van der Waals surface area contributed by atoms with Crippen LogP contribution in [0, 0.1) is 17.8 Å². The number of benzene rings is 1. The number of aliphatic carboxylic acids is 1. The molecule has 0 saturated heterocycles. The van der Waals surface area contributed by atoms with E-state index in [-0.39, 0.29) is 11.7 Å². The number of thioether (sulfide) groups is 1. The highest BCUT2D eigenvalue weighted by atomic mass is 32.2. The van der Waals surface area contributed by atoms with Gasteiger partial charge < -0.3 is 10.4 Å². The lowest BCUT2D eigenvalue weighted by atomic mass is 9.73. The summed E-state index contributed by atoms with van der Waals surface area (Å²) >= 11 is 2.54. The molecule has 0 aliphatic heterocycles. The van der Waals surface area contributed by atoms with E-state index in [2.05, 4.69) is 54.5 Å². The number of hydrogen-bond acceptors (Lipinski definition) is 5. The molecule has 5 nitrogen and oxygen atoms in total. The molecule has 36 heavy (non-hydrogen) atoms. The van der Waals surface area contributed by atoms with E-state index in [1.165, 1.54) is 86.4 Å². The molecule has 2 saturated carbocycles. The third kappa shape index (κ3) is 10.3. The number of carbonyl (C=O) groups excluding carboxylic acids is 1. The van der Waals surface area contributed by atoms with Crippen LogP contribution in [0.1, 0.15) is 96.0 Å². The van der Waals surface area contributed by atoms with Crippen molar-refractivity contribution in [1.82, 2.24) is 4.98 Å². The number of nitrogens with zero attached hydrogens (tertiary/aromatic N) is 1. The predicted molar refractivity (Wildman–Crippen MR) is 151 cm³/mol. The van der Waals surface area contributed by atoms with Crippen molar-refractivity contribution in [1.29, 1.82) is 0 Å². The quantitative estimate of drug-likeness (QED) is 0.319. The first-order chi connectivity index (χ1) is 17.4. The maximum Gasteiger partial charge on any atom is 0.313 e. The smallest absolute Gasteiger partial charge is 0.313 e. The van der Waals surface area contributed by atoms with E-state index in [1.807, 2.05) is 0 Å². The number of hydrogen-bond donors (Lipinski definition) is 2. The number of amides is 1. The topological polar surface area (TPSA) is 79.3 Å². The minimum atomic E-state index is -0.860. The molecule has 4 rings (SSSR count). The fraction of sp³-hybridized carbons (Fsp3) is 0.621. The second-order valence-corrected chi connectivity index (χ2v) is 12.8. The Labute approximate surface area is 224 Å². The van der Waals surface area contributed by atoms with E-state index >= 15 is 0 Å². The summed E-state index contributed by atoms with van der Waals surface area (Å²) in [7, 11) is 0. The zero-order chi connectivity index (χ0) is 25.8. The molecule has 7 heteroatoms. The van der Waals surface area contributed by atoms with Gasteiger partial charge in [0.2, 0.25) is 5.91 Å². The van der Waals surface area contributed by atoms with Crippen LogP contribution in [0.3, 0.4) is 0 Å². The Kier molecular flexibility index (Phi) is 12.3. The molecule has 2 fully saturated rings. The lowest BCUT2D eigenvalue weighted by Crippen LogP contribution is -2.21. The van der Waals surface area contributed by atoms with Crippen LogP contribution in [0.4, 0.5) is 5.13 Å². The lowest BCUT2D eigenvalue weighted by Gasteiger charge is -2.32. The first-order valence-corrected chi connectivity index (χ1v) is 15.4. The number of nitrogens with one attached hydrogen (secondary N) is 1. The van der Waals surface area contributed by atoms with Crippen molar-refractivity contribution in [3.8, 4) is 0 Å². The van der Waals surface area contributed by atoms with Gasteiger partial charge in [0, 0.05) is 6.42 Å². The molecule has 1 atom stereocenters. The van der Waals surface area contributed by atoms with Crippen LogP contribution in [0.5, 0.6) is 0 Å². The van der Waals surface area contributed by atoms with Crippen molar-refractivity contribution in [3.63, 3.8) is 0 Å². The summed E-state index contributed by atoms with van der Waals surface area (Å²) in [6, 6.07) is 10.8. The van der Waals surface area contributed by atoms with Crippen molar-refractivity contribution in [2.24, 2.45) is 17.8 Å². The number of thiazole rings is 1. The first-order valence-electron chi connectivity index (χ1n) is 13.6. The van der Waals surface area contributed by atoms with Crippen molar-refractivity contribution < 1.29 is 14.7 Å². The first kappa shape index (κ1) is 28.7. The third-order valence-corrected chi connectivity index (χ3v) is 9.73. The van der Waals surface area contributed by atoms with Gasteiger partial charge in [0.1, 0.15) is 0 Å². The maximum absolute atomic E-state index is 12.3. The molecular weight excluding hydrogens is 488 g/mol. The van der Waals surface area contributed by atoms with Crippen LogP contribution in [0.2, 0.25) is 0 Å². The summed E-state index contributed by atoms with van der Waals surface area (Å²) in [5, 5.41) is 12.1. The molecule has 1 heterocycles. The second-order valence-electron chi connectivity index (χ2n) is 10.5. The van der Waals surface area contributed by atoms with Gasteiger partial charge in [-0.15, -0.1) is 11.8 Å². The second kappa shape index (κ2) is 15.4. The normalized spacial score (nSPS) is 21.2. The Hall–Kier alpha value is -1.86. The molecule has 0 bridgehead atoms. The molecule has 1 unspecified atom stereocenters. The van der Waals surface area contributed by atoms with E-state index < -0.39 is 5.97 Å². The highest BCUT2D eigenvalue weighted by Gasteiger charge is 2.26.